The van der Waals surface area contributed by atoms with E-state index in [0.717, 1.165) is 5.92 Å². The maximum Gasteiger partial charge on any atom is 0.0320 e. The molecule has 2 N–H and O–H groups in total. The summed E-state index contributed by atoms with van der Waals surface area (Å²) in [5, 5.41) is 6.94. The van der Waals surface area contributed by atoms with Crippen molar-refractivity contribution in [3.8, 4) is 0 Å². The predicted octanol–water partition coefficient (Wildman–Crippen LogP) is 3.46. The Kier molecular flexibility index (Phi) is 5.41. The van der Waals surface area contributed by atoms with Crippen molar-refractivity contribution in [3.05, 3.63) is 35.4 Å². The van der Waals surface area contributed by atoms with Crippen molar-refractivity contribution in [3.63, 3.8) is 0 Å². The zero-order valence-electron chi connectivity index (χ0n) is 12.6. The molecule has 0 bridgehead atoms. The molecule has 0 aliphatic carbocycles. The van der Waals surface area contributed by atoms with Gasteiger partial charge in [0.05, 0.1) is 0 Å². The molecule has 0 saturated carbocycles. The molecule has 3 unspecified atom stereocenters. The Balaban J connectivity index is 2.01. The summed E-state index contributed by atoms with van der Waals surface area (Å²) in [5.41, 5.74) is 2.89. The molecule has 0 amide bonds. The summed E-state index contributed by atoms with van der Waals surface area (Å²) in [5.74, 6) is 1.49. The second kappa shape index (κ2) is 7.06. The largest absolute Gasteiger partial charge is 0.316 e. The zero-order chi connectivity index (χ0) is 13.7. The van der Waals surface area contributed by atoms with Gasteiger partial charge in [0, 0.05) is 6.04 Å². The van der Waals surface area contributed by atoms with E-state index in [1.165, 1.54) is 43.5 Å². The maximum atomic E-state index is 3.48. The molecule has 1 aliphatic heterocycles. The van der Waals surface area contributed by atoms with Crippen LogP contribution in [-0.4, -0.2) is 20.1 Å². The fourth-order valence-corrected chi connectivity index (χ4v) is 2.96. The van der Waals surface area contributed by atoms with Crippen molar-refractivity contribution in [1.82, 2.24) is 10.6 Å². The van der Waals surface area contributed by atoms with Gasteiger partial charge in [-0.2, -0.15) is 0 Å². The number of hydrogen-bond acceptors (Lipinski definition) is 2. The van der Waals surface area contributed by atoms with Gasteiger partial charge in [-0.25, -0.2) is 0 Å². The molecule has 19 heavy (non-hydrogen) atoms. The van der Waals surface area contributed by atoms with Crippen LogP contribution < -0.4 is 10.6 Å². The third-order valence-corrected chi connectivity index (χ3v) is 4.60. The fraction of sp³-hybridized carbons (Fsp3) is 0.647. The second-order valence-corrected chi connectivity index (χ2v) is 5.91. The van der Waals surface area contributed by atoms with Crippen molar-refractivity contribution >= 4 is 0 Å². The Morgan fingerprint density at radius 3 is 2.47 bits per heavy atom. The summed E-state index contributed by atoms with van der Waals surface area (Å²) in [6.07, 6.45) is 3.78. The average molecular weight is 260 g/mol. The van der Waals surface area contributed by atoms with E-state index in [1.54, 1.807) is 0 Å². The Hall–Kier alpha value is -0.860. The number of rotatable bonds is 6. The highest BCUT2D eigenvalue weighted by molar-refractivity contribution is 5.27. The van der Waals surface area contributed by atoms with Gasteiger partial charge in [-0.1, -0.05) is 38.1 Å². The predicted molar refractivity (Wildman–Crippen MR) is 82.5 cm³/mol. The van der Waals surface area contributed by atoms with E-state index in [-0.39, 0.29) is 0 Å². The van der Waals surface area contributed by atoms with E-state index in [4.69, 9.17) is 0 Å². The monoisotopic (exact) mass is 260 g/mol. The summed E-state index contributed by atoms with van der Waals surface area (Å²) in [6.45, 7) is 6.92. The molecule has 1 heterocycles. The van der Waals surface area contributed by atoms with Crippen LogP contribution in [0, 0.1) is 5.92 Å². The van der Waals surface area contributed by atoms with Crippen LogP contribution in [0.3, 0.4) is 0 Å². The van der Waals surface area contributed by atoms with E-state index < -0.39 is 0 Å². The molecule has 0 spiro atoms. The SMILES string of the molecule is CCC(C)c1ccc(C(CC2CCNC2)NC)cc1. The Morgan fingerprint density at radius 1 is 1.26 bits per heavy atom. The first-order valence-corrected chi connectivity index (χ1v) is 7.72. The molecule has 106 valence electrons. The molecule has 1 fully saturated rings. The third kappa shape index (κ3) is 3.80. The molecule has 1 aromatic carbocycles. The third-order valence-electron chi connectivity index (χ3n) is 4.60. The van der Waals surface area contributed by atoms with E-state index in [2.05, 4.69) is 55.8 Å². The zero-order valence-corrected chi connectivity index (χ0v) is 12.6. The van der Waals surface area contributed by atoms with E-state index in [1.807, 2.05) is 0 Å². The second-order valence-electron chi connectivity index (χ2n) is 5.91. The van der Waals surface area contributed by atoms with Crippen LogP contribution in [0.5, 0.6) is 0 Å². The lowest BCUT2D eigenvalue weighted by molar-refractivity contribution is 0.430. The van der Waals surface area contributed by atoms with Crippen LogP contribution in [0.2, 0.25) is 0 Å². The van der Waals surface area contributed by atoms with Crippen molar-refractivity contribution in [1.29, 1.82) is 0 Å². The lowest BCUT2D eigenvalue weighted by Crippen LogP contribution is -2.21. The lowest BCUT2D eigenvalue weighted by Gasteiger charge is -2.21. The van der Waals surface area contributed by atoms with Crippen LogP contribution in [-0.2, 0) is 0 Å². The van der Waals surface area contributed by atoms with Gasteiger partial charge in [0.15, 0.2) is 0 Å². The molecule has 2 heteroatoms. The van der Waals surface area contributed by atoms with Crippen molar-refractivity contribution < 1.29 is 0 Å². The van der Waals surface area contributed by atoms with Crippen LogP contribution in [0.4, 0.5) is 0 Å². The topological polar surface area (TPSA) is 24.1 Å². The molecular weight excluding hydrogens is 232 g/mol. The van der Waals surface area contributed by atoms with Gasteiger partial charge < -0.3 is 10.6 Å². The van der Waals surface area contributed by atoms with Gasteiger partial charge in [0.2, 0.25) is 0 Å². The standard InChI is InChI=1S/C17H28N2/c1-4-13(2)15-5-7-16(8-6-15)17(18-3)11-14-9-10-19-12-14/h5-8,13-14,17-19H,4,9-12H2,1-3H3. The minimum atomic E-state index is 0.496. The van der Waals surface area contributed by atoms with Gasteiger partial charge in [-0.15, -0.1) is 0 Å². The highest BCUT2D eigenvalue weighted by Gasteiger charge is 2.20. The van der Waals surface area contributed by atoms with E-state index in [0.29, 0.717) is 12.0 Å². The van der Waals surface area contributed by atoms with Crippen LogP contribution in [0.25, 0.3) is 0 Å². The Labute approximate surface area is 118 Å². The number of benzene rings is 1. The maximum absolute atomic E-state index is 3.48. The number of hydrogen-bond donors (Lipinski definition) is 2. The van der Waals surface area contributed by atoms with Crippen molar-refractivity contribution in [2.24, 2.45) is 5.92 Å². The average Bonchev–Trinajstić information content (AvgIpc) is 2.97. The van der Waals surface area contributed by atoms with Gasteiger partial charge in [-0.05, 0) is 62.4 Å². The van der Waals surface area contributed by atoms with Gasteiger partial charge in [0.1, 0.15) is 0 Å². The van der Waals surface area contributed by atoms with Crippen LogP contribution in [0.15, 0.2) is 24.3 Å². The summed E-state index contributed by atoms with van der Waals surface area (Å²) < 4.78 is 0. The Morgan fingerprint density at radius 2 is 1.95 bits per heavy atom. The summed E-state index contributed by atoms with van der Waals surface area (Å²) in [6, 6.07) is 9.73. The summed E-state index contributed by atoms with van der Waals surface area (Å²) in [7, 11) is 2.08. The first kappa shape index (κ1) is 14.5. The summed E-state index contributed by atoms with van der Waals surface area (Å²) >= 11 is 0. The van der Waals surface area contributed by atoms with Gasteiger partial charge in [-0.3, -0.25) is 0 Å². The molecule has 3 atom stereocenters. The molecule has 1 aromatic rings. The fourth-order valence-electron chi connectivity index (χ4n) is 2.96. The molecule has 0 radical (unpaired) electrons. The highest BCUT2D eigenvalue weighted by Crippen LogP contribution is 2.26. The number of nitrogens with one attached hydrogen (secondary N) is 2. The molecule has 0 aromatic heterocycles. The van der Waals surface area contributed by atoms with Crippen LogP contribution in [0.1, 0.15) is 56.2 Å². The van der Waals surface area contributed by atoms with Crippen molar-refractivity contribution in [2.45, 2.75) is 45.1 Å². The smallest absolute Gasteiger partial charge is 0.0320 e. The molecule has 2 nitrogen and oxygen atoms in total. The first-order valence-electron chi connectivity index (χ1n) is 7.72. The van der Waals surface area contributed by atoms with E-state index >= 15 is 0 Å². The Bertz CT molecular complexity index is 365. The highest BCUT2D eigenvalue weighted by atomic mass is 14.9. The van der Waals surface area contributed by atoms with Gasteiger partial charge >= 0.3 is 0 Å². The quantitative estimate of drug-likeness (QED) is 0.818. The molecule has 2 rings (SSSR count). The molecular formula is C17H28N2. The minimum Gasteiger partial charge on any atom is -0.316 e. The lowest BCUT2D eigenvalue weighted by atomic mass is 9.91. The van der Waals surface area contributed by atoms with Crippen molar-refractivity contribution in [2.75, 3.05) is 20.1 Å². The van der Waals surface area contributed by atoms with E-state index in [9.17, 15) is 0 Å². The molecule has 1 aliphatic rings. The van der Waals surface area contributed by atoms with Gasteiger partial charge in [0.25, 0.3) is 0 Å². The first-order chi connectivity index (χ1) is 9.24. The molecule has 1 saturated heterocycles. The summed E-state index contributed by atoms with van der Waals surface area (Å²) in [4.78, 5) is 0. The normalized spacial score (nSPS) is 22.4. The van der Waals surface area contributed by atoms with Crippen LogP contribution >= 0.6 is 0 Å². The minimum absolute atomic E-state index is 0.496.